The molecule has 0 bridgehead atoms. The van der Waals surface area contributed by atoms with Crippen LogP contribution in [-0.2, 0) is 0 Å². The summed E-state index contributed by atoms with van der Waals surface area (Å²) < 4.78 is 10.3. The van der Waals surface area contributed by atoms with Crippen molar-refractivity contribution in [2.24, 2.45) is 5.73 Å². The third-order valence-electron chi connectivity index (χ3n) is 2.49. The van der Waals surface area contributed by atoms with Gasteiger partial charge in [0.2, 0.25) is 0 Å². The van der Waals surface area contributed by atoms with Crippen molar-refractivity contribution in [1.82, 2.24) is 0 Å². The third kappa shape index (κ3) is 2.24. The van der Waals surface area contributed by atoms with Gasteiger partial charge in [0.25, 0.3) is 0 Å². The summed E-state index contributed by atoms with van der Waals surface area (Å²) in [4.78, 5) is 0. The van der Waals surface area contributed by atoms with Gasteiger partial charge >= 0.3 is 0 Å². The number of nitrogens with two attached hydrogens (primary N) is 1. The summed E-state index contributed by atoms with van der Waals surface area (Å²) in [5.41, 5.74) is 7.32. The maximum Gasteiger partial charge on any atom is 0.179 e. The van der Waals surface area contributed by atoms with E-state index in [9.17, 15) is 0 Å². The minimum atomic E-state index is -0.475. The van der Waals surface area contributed by atoms with E-state index >= 15 is 0 Å². The minimum absolute atomic E-state index is 0.146. The summed E-state index contributed by atoms with van der Waals surface area (Å²) in [6.07, 6.45) is 0. The van der Waals surface area contributed by atoms with E-state index in [2.05, 4.69) is 0 Å². The van der Waals surface area contributed by atoms with Crippen LogP contribution in [0.1, 0.15) is 17.2 Å². The van der Waals surface area contributed by atoms with Gasteiger partial charge in [-0.3, -0.25) is 0 Å². The highest BCUT2D eigenvalue weighted by Crippen LogP contribution is 2.40. The number of hydrogen-bond acceptors (Lipinski definition) is 4. The molecule has 0 spiro atoms. The molecule has 1 aromatic rings. The van der Waals surface area contributed by atoms with Gasteiger partial charge in [-0.25, -0.2) is 0 Å². The van der Waals surface area contributed by atoms with Gasteiger partial charge in [0.1, 0.15) is 0 Å². The van der Waals surface area contributed by atoms with Gasteiger partial charge in [0.05, 0.1) is 31.9 Å². The Balaban J connectivity index is 3.38. The molecule has 0 radical (unpaired) electrons. The van der Waals surface area contributed by atoms with E-state index in [1.54, 1.807) is 6.07 Å². The number of aliphatic hydroxyl groups excluding tert-OH is 1. The molecule has 0 aliphatic carbocycles. The van der Waals surface area contributed by atoms with Gasteiger partial charge in [0.15, 0.2) is 11.5 Å². The molecular formula is C11H16ClNO3. The van der Waals surface area contributed by atoms with Crippen LogP contribution in [0.25, 0.3) is 0 Å². The first-order chi connectivity index (χ1) is 7.56. The molecule has 0 aromatic heterocycles. The van der Waals surface area contributed by atoms with Crippen molar-refractivity contribution in [1.29, 1.82) is 0 Å². The lowest BCUT2D eigenvalue weighted by Crippen LogP contribution is -2.16. The lowest BCUT2D eigenvalue weighted by molar-refractivity contribution is 0.267. The smallest absolute Gasteiger partial charge is 0.179 e. The first-order valence-electron chi connectivity index (χ1n) is 4.84. The Kier molecular flexibility index (Phi) is 4.41. The molecule has 1 aromatic carbocycles. The Morgan fingerprint density at radius 2 is 2.06 bits per heavy atom. The summed E-state index contributed by atoms with van der Waals surface area (Å²) in [7, 11) is 3.05. The van der Waals surface area contributed by atoms with E-state index < -0.39 is 6.04 Å². The van der Waals surface area contributed by atoms with E-state index in [1.165, 1.54) is 14.2 Å². The fourth-order valence-electron chi connectivity index (χ4n) is 1.55. The van der Waals surface area contributed by atoms with Crippen LogP contribution in [0.5, 0.6) is 11.5 Å². The van der Waals surface area contributed by atoms with Crippen molar-refractivity contribution >= 4 is 11.6 Å². The molecule has 3 N–H and O–H groups in total. The van der Waals surface area contributed by atoms with Gasteiger partial charge in [-0.2, -0.15) is 0 Å². The topological polar surface area (TPSA) is 64.7 Å². The largest absolute Gasteiger partial charge is 0.493 e. The first kappa shape index (κ1) is 13.1. The number of halogens is 1. The van der Waals surface area contributed by atoms with Crippen LogP contribution >= 0.6 is 11.6 Å². The lowest BCUT2D eigenvalue weighted by Gasteiger charge is -2.18. The van der Waals surface area contributed by atoms with Gasteiger partial charge in [-0.15, -0.1) is 0 Å². The molecule has 16 heavy (non-hydrogen) atoms. The second kappa shape index (κ2) is 5.39. The lowest BCUT2D eigenvalue weighted by atomic mass is 10.0. The zero-order chi connectivity index (χ0) is 12.3. The molecule has 1 rings (SSSR count). The Morgan fingerprint density at radius 3 is 2.50 bits per heavy atom. The van der Waals surface area contributed by atoms with Crippen molar-refractivity contribution in [3.8, 4) is 11.5 Å². The molecule has 0 heterocycles. The van der Waals surface area contributed by atoms with Gasteiger partial charge in [-0.05, 0) is 24.1 Å². The molecule has 0 aliphatic heterocycles. The van der Waals surface area contributed by atoms with Gasteiger partial charge < -0.3 is 20.3 Å². The highest BCUT2D eigenvalue weighted by molar-refractivity contribution is 6.33. The fourth-order valence-corrected chi connectivity index (χ4v) is 1.82. The Hall–Kier alpha value is -0.970. The van der Waals surface area contributed by atoms with E-state index in [-0.39, 0.29) is 6.61 Å². The van der Waals surface area contributed by atoms with Gasteiger partial charge in [-0.1, -0.05) is 11.6 Å². The van der Waals surface area contributed by atoms with E-state index in [0.717, 1.165) is 11.1 Å². The van der Waals surface area contributed by atoms with Crippen LogP contribution in [0.3, 0.4) is 0 Å². The van der Waals surface area contributed by atoms with Crippen molar-refractivity contribution in [2.75, 3.05) is 20.8 Å². The monoisotopic (exact) mass is 245 g/mol. The van der Waals surface area contributed by atoms with Crippen LogP contribution in [-0.4, -0.2) is 25.9 Å². The van der Waals surface area contributed by atoms with Crippen molar-refractivity contribution in [3.63, 3.8) is 0 Å². The molecule has 0 saturated heterocycles. The summed E-state index contributed by atoms with van der Waals surface area (Å²) in [6, 6.07) is 1.26. The molecule has 0 saturated carbocycles. The van der Waals surface area contributed by atoms with Crippen LogP contribution in [0.4, 0.5) is 0 Å². The molecule has 0 fully saturated rings. The summed E-state index contributed by atoms with van der Waals surface area (Å²) >= 11 is 6.14. The van der Waals surface area contributed by atoms with Crippen LogP contribution in [0, 0.1) is 6.92 Å². The van der Waals surface area contributed by atoms with Crippen LogP contribution in [0.2, 0.25) is 5.02 Å². The van der Waals surface area contributed by atoms with Crippen molar-refractivity contribution < 1.29 is 14.6 Å². The quantitative estimate of drug-likeness (QED) is 0.847. The summed E-state index contributed by atoms with van der Waals surface area (Å²) in [5.74, 6) is 0.993. The van der Waals surface area contributed by atoms with E-state index in [1.807, 2.05) is 6.92 Å². The predicted molar refractivity (Wildman–Crippen MR) is 63.3 cm³/mol. The first-order valence-corrected chi connectivity index (χ1v) is 5.22. The average Bonchev–Trinajstić information content (AvgIpc) is 2.31. The van der Waals surface area contributed by atoms with Crippen LogP contribution in [0.15, 0.2) is 6.07 Å². The number of rotatable bonds is 4. The number of benzene rings is 1. The zero-order valence-corrected chi connectivity index (χ0v) is 10.3. The normalized spacial score (nSPS) is 12.4. The van der Waals surface area contributed by atoms with Crippen molar-refractivity contribution in [2.45, 2.75) is 13.0 Å². The SMILES string of the molecule is COc1cc(C(N)CO)c(C)c(Cl)c1OC. The zero-order valence-electron chi connectivity index (χ0n) is 9.58. The average molecular weight is 246 g/mol. The van der Waals surface area contributed by atoms with E-state index in [4.69, 9.17) is 31.9 Å². The fraction of sp³-hybridized carbons (Fsp3) is 0.455. The molecule has 0 aliphatic rings. The minimum Gasteiger partial charge on any atom is -0.493 e. The highest BCUT2D eigenvalue weighted by atomic mass is 35.5. The predicted octanol–water partition coefficient (Wildman–Crippen LogP) is 1.66. The summed E-state index contributed by atoms with van der Waals surface area (Å²) in [5, 5.41) is 9.51. The third-order valence-corrected chi connectivity index (χ3v) is 2.95. The Labute approximate surface area is 99.9 Å². The molecule has 5 heteroatoms. The Bertz CT molecular complexity index is 382. The Morgan fingerprint density at radius 1 is 1.44 bits per heavy atom. The standard InChI is InChI=1S/C11H16ClNO3/c1-6-7(8(13)5-14)4-9(15-2)11(16-3)10(6)12/h4,8,14H,5,13H2,1-3H3. The molecule has 90 valence electrons. The molecule has 0 amide bonds. The van der Waals surface area contributed by atoms with Crippen LogP contribution < -0.4 is 15.2 Å². The maximum atomic E-state index is 9.05. The summed E-state index contributed by atoms with van der Waals surface area (Å²) in [6.45, 7) is 1.68. The van der Waals surface area contributed by atoms with Gasteiger partial charge in [0, 0.05) is 0 Å². The second-order valence-electron chi connectivity index (χ2n) is 3.43. The molecule has 1 unspecified atom stereocenters. The van der Waals surface area contributed by atoms with Crippen molar-refractivity contribution in [3.05, 3.63) is 22.2 Å². The molecule has 4 nitrogen and oxygen atoms in total. The number of hydrogen-bond donors (Lipinski definition) is 2. The number of ether oxygens (including phenoxy) is 2. The second-order valence-corrected chi connectivity index (χ2v) is 3.81. The molecule has 1 atom stereocenters. The highest BCUT2D eigenvalue weighted by Gasteiger charge is 2.18. The maximum absolute atomic E-state index is 9.05. The van der Waals surface area contributed by atoms with E-state index in [0.29, 0.717) is 16.5 Å². The molecular weight excluding hydrogens is 230 g/mol. The number of methoxy groups -OCH3 is 2. The number of aliphatic hydroxyl groups is 1.